The molecule has 0 aliphatic carbocycles. The molecule has 1 saturated heterocycles. The largest absolute Gasteiger partial charge is 0.461 e. The van der Waals surface area contributed by atoms with Gasteiger partial charge in [0, 0.05) is 12.3 Å². The summed E-state index contributed by atoms with van der Waals surface area (Å²) in [4.78, 5) is 38.3. The van der Waals surface area contributed by atoms with E-state index in [0.717, 1.165) is 25.6 Å². The summed E-state index contributed by atoms with van der Waals surface area (Å²) in [5.41, 5.74) is -4.17. The molecule has 222 valence electrons. The number of hydrogen-bond acceptors (Lipinski definition) is 10. The predicted molar refractivity (Wildman–Crippen MR) is 140 cm³/mol. The number of ether oxygens (including phenoxy) is 2. The number of carbonyl (C=O) groups excluding carboxylic acids is 1. The van der Waals surface area contributed by atoms with E-state index < -0.39 is 61.4 Å². The van der Waals surface area contributed by atoms with Gasteiger partial charge in [0.25, 0.3) is 11.4 Å². The molecule has 0 saturated carbocycles. The number of esters is 1. The van der Waals surface area contributed by atoms with Gasteiger partial charge in [-0.15, -0.1) is 0 Å². The second kappa shape index (κ2) is 12.8. The lowest BCUT2D eigenvalue weighted by Gasteiger charge is -2.29. The summed E-state index contributed by atoms with van der Waals surface area (Å²) in [5, 5.41) is 23.9. The van der Waals surface area contributed by atoms with Crippen LogP contribution in [0.4, 0.5) is 4.39 Å². The number of para-hydroxylation sites is 1. The van der Waals surface area contributed by atoms with Crippen LogP contribution in [-0.4, -0.2) is 62.0 Å². The minimum absolute atomic E-state index is 0.0572. The van der Waals surface area contributed by atoms with E-state index in [4.69, 9.17) is 18.5 Å². The molecule has 7 unspecified atom stereocenters. The van der Waals surface area contributed by atoms with Crippen molar-refractivity contribution in [2.75, 3.05) is 6.61 Å². The maximum absolute atomic E-state index is 16.0. The van der Waals surface area contributed by atoms with Crippen LogP contribution >= 0.6 is 7.75 Å². The van der Waals surface area contributed by atoms with Gasteiger partial charge < -0.3 is 24.2 Å². The third-order valence-corrected chi connectivity index (χ3v) is 7.95. The van der Waals surface area contributed by atoms with Crippen LogP contribution in [0.1, 0.15) is 53.2 Å². The van der Waals surface area contributed by atoms with Gasteiger partial charge in [-0.2, -0.15) is 5.09 Å². The highest BCUT2D eigenvalue weighted by molar-refractivity contribution is 7.52. The molecule has 1 aromatic carbocycles. The van der Waals surface area contributed by atoms with Crippen molar-refractivity contribution in [2.45, 2.75) is 82.9 Å². The van der Waals surface area contributed by atoms with Crippen LogP contribution in [0.3, 0.4) is 0 Å². The van der Waals surface area contributed by atoms with Crippen LogP contribution in [-0.2, 0) is 23.4 Å². The zero-order valence-corrected chi connectivity index (χ0v) is 23.5. The Kier molecular flexibility index (Phi) is 10.1. The van der Waals surface area contributed by atoms with Gasteiger partial charge in [0.1, 0.15) is 36.2 Å². The molecule has 15 heteroatoms. The van der Waals surface area contributed by atoms with Crippen LogP contribution in [0.5, 0.6) is 5.75 Å². The fraction of sp³-hybridized carbons (Fsp3) is 0.560. The Balaban J connectivity index is 1.83. The smallest absolute Gasteiger partial charge is 0.459 e. The molecular weight excluding hydrogens is 552 g/mol. The summed E-state index contributed by atoms with van der Waals surface area (Å²) in [6.07, 6.45) is -1.54. The van der Waals surface area contributed by atoms with Gasteiger partial charge in [-0.1, -0.05) is 38.5 Å². The summed E-state index contributed by atoms with van der Waals surface area (Å²) < 4.78 is 51.9. The molecule has 1 aliphatic heterocycles. The zero-order valence-electron chi connectivity index (χ0n) is 22.6. The Bertz CT molecular complexity index is 1320. The average Bonchev–Trinajstić information content (AvgIpc) is 3.08. The number of aromatic nitrogens is 2. The normalized spacial score (nSPS) is 27.5. The molecule has 2 heterocycles. The van der Waals surface area contributed by atoms with E-state index in [9.17, 15) is 29.2 Å². The summed E-state index contributed by atoms with van der Waals surface area (Å²) in [6, 6.07) is 7.45. The Hall–Kier alpha value is -2.87. The molecule has 1 fully saturated rings. The van der Waals surface area contributed by atoms with Crippen LogP contribution in [0.2, 0.25) is 0 Å². The lowest BCUT2D eigenvalue weighted by atomic mass is 9.95. The van der Waals surface area contributed by atoms with Gasteiger partial charge in [0.05, 0.1) is 0 Å². The fourth-order valence-electron chi connectivity index (χ4n) is 4.11. The Morgan fingerprint density at radius 1 is 1.27 bits per heavy atom. The molecule has 2 aromatic rings. The van der Waals surface area contributed by atoms with Gasteiger partial charge in [-0.05, 0) is 38.8 Å². The van der Waals surface area contributed by atoms with E-state index in [-0.39, 0.29) is 11.9 Å². The number of halogens is 1. The van der Waals surface area contributed by atoms with Crippen molar-refractivity contribution in [3.63, 3.8) is 0 Å². The van der Waals surface area contributed by atoms with Gasteiger partial charge in [-0.3, -0.25) is 23.7 Å². The highest BCUT2D eigenvalue weighted by Crippen LogP contribution is 2.50. The molecule has 0 bridgehead atoms. The molecule has 13 nitrogen and oxygen atoms in total. The van der Waals surface area contributed by atoms with Crippen molar-refractivity contribution in [1.29, 1.82) is 0 Å². The van der Waals surface area contributed by atoms with Crippen molar-refractivity contribution in [3.8, 4) is 5.75 Å². The minimum atomic E-state index is -4.57. The van der Waals surface area contributed by atoms with E-state index in [2.05, 4.69) is 5.09 Å². The first-order valence-corrected chi connectivity index (χ1v) is 14.3. The number of hydrogen-bond donors (Lipinski definition) is 4. The number of aliphatic hydroxyl groups is 2. The number of rotatable bonds is 13. The first-order valence-electron chi connectivity index (χ1n) is 12.8. The second-order valence-corrected chi connectivity index (χ2v) is 11.4. The maximum atomic E-state index is 16.0. The van der Waals surface area contributed by atoms with E-state index >= 15 is 4.39 Å². The SMILES string of the molecule is CCCC(CC)OC(=O)C(C)NP(=O)(OCC1(F)OC(n2ccc(=O)[nH]c2=O)C(C)(O)C1O)Oc1ccccc1. The van der Waals surface area contributed by atoms with Crippen molar-refractivity contribution < 1.29 is 42.5 Å². The first kappa shape index (κ1) is 31.7. The van der Waals surface area contributed by atoms with Gasteiger partial charge in [0.2, 0.25) is 0 Å². The number of nitrogens with zero attached hydrogens (tertiary/aromatic N) is 1. The molecule has 1 aromatic heterocycles. The molecule has 0 amide bonds. The van der Waals surface area contributed by atoms with Crippen LogP contribution in [0, 0.1) is 0 Å². The summed E-state index contributed by atoms with van der Waals surface area (Å²) in [5.74, 6) is -3.89. The number of benzene rings is 1. The molecule has 7 atom stereocenters. The highest BCUT2D eigenvalue weighted by Gasteiger charge is 2.63. The minimum Gasteiger partial charge on any atom is -0.461 e. The molecule has 1 aliphatic rings. The summed E-state index contributed by atoms with van der Waals surface area (Å²) in [6.45, 7) is 4.91. The fourth-order valence-corrected chi connectivity index (χ4v) is 5.62. The number of alkyl halides is 1. The number of aliphatic hydroxyl groups excluding tert-OH is 1. The van der Waals surface area contributed by atoms with Crippen LogP contribution in [0.25, 0.3) is 0 Å². The van der Waals surface area contributed by atoms with Crippen molar-refractivity contribution >= 4 is 13.7 Å². The Labute approximate surface area is 229 Å². The summed E-state index contributed by atoms with van der Waals surface area (Å²) in [7, 11) is -4.57. The van der Waals surface area contributed by atoms with Gasteiger partial charge in [-0.25, -0.2) is 13.8 Å². The van der Waals surface area contributed by atoms with Crippen molar-refractivity contribution in [3.05, 3.63) is 63.4 Å². The topological polar surface area (TPSA) is 178 Å². The van der Waals surface area contributed by atoms with Crippen LogP contribution in [0.15, 0.2) is 52.2 Å². The third-order valence-electron chi connectivity index (χ3n) is 6.33. The number of nitrogens with one attached hydrogen (secondary N) is 2. The molecule has 40 heavy (non-hydrogen) atoms. The van der Waals surface area contributed by atoms with Crippen LogP contribution < -0.4 is 20.9 Å². The molecular formula is C25H35FN3O10P. The second-order valence-electron chi connectivity index (χ2n) is 9.68. The van der Waals surface area contributed by atoms with Crippen molar-refractivity contribution in [2.24, 2.45) is 0 Å². The van der Waals surface area contributed by atoms with E-state index in [0.29, 0.717) is 17.4 Å². The van der Waals surface area contributed by atoms with Gasteiger partial charge >= 0.3 is 19.4 Å². The molecule has 4 N–H and O–H groups in total. The summed E-state index contributed by atoms with van der Waals surface area (Å²) >= 11 is 0. The van der Waals surface area contributed by atoms with E-state index in [1.54, 1.807) is 18.2 Å². The predicted octanol–water partition coefficient (Wildman–Crippen LogP) is 2.15. The van der Waals surface area contributed by atoms with Crippen molar-refractivity contribution in [1.82, 2.24) is 14.6 Å². The van der Waals surface area contributed by atoms with E-state index in [1.807, 2.05) is 18.8 Å². The number of H-pyrrole nitrogens is 1. The zero-order chi connectivity index (χ0) is 29.7. The highest BCUT2D eigenvalue weighted by atomic mass is 31.2. The molecule has 3 rings (SSSR count). The Morgan fingerprint density at radius 3 is 2.55 bits per heavy atom. The van der Waals surface area contributed by atoms with Gasteiger partial charge in [0.15, 0.2) is 6.23 Å². The van der Waals surface area contributed by atoms with E-state index in [1.165, 1.54) is 19.1 Å². The lowest BCUT2D eigenvalue weighted by Crippen LogP contribution is -2.50. The third kappa shape index (κ3) is 7.25. The number of carbonyl (C=O) groups is 1. The maximum Gasteiger partial charge on any atom is 0.459 e. The number of aromatic amines is 1. The average molecular weight is 588 g/mol. The molecule has 0 radical (unpaired) electrons. The lowest BCUT2D eigenvalue weighted by molar-refractivity contribution is -0.204. The monoisotopic (exact) mass is 587 g/mol. The molecule has 0 spiro atoms. The quantitative estimate of drug-likeness (QED) is 0.199. The Morgan fingerprint density at radius 2 is 1.95 bits per heavy atom. The standard InChI is InChI=1S/C25H35FN3O10P/c1-5-10-17(6-2)37-20(31)16(3)28-40(35,39-18-11-8-7-9-12-18)36-15-25(26)21(32)24(4,34)22(38-25)29-14-13-19(30)27-23(29)33/h7-9,11-14,16-17,21-22,32,34H,5-6,10,15H2,1-4H3,(H,28,35)(H,27,30,33). The first-order chi connectivity index (χ1) is 18.7.